The van der Waals surface area contributed by atoms with E-state index in [9.17, 15) is 4.79 Å². The number of benzene rings is 1. The van der Waals surface area contributed by atoms with E-state index in [2.05, 4.69) is 0 Å². The molecule has 4 heteroatoms. The third-order valence-corrected chi connectivity index (χ3v) is 2.75. The first-order valence-corrected chi connectivity index (χ1v) is 5.77. The summed E-state index contributed by atoms with van der Waals surface area (Å²) in [5, 5.41) is 7.56. The van der Waals surface area contributed by atoms with Gasteiger partial charge in [-0.2, -0.15) is 0 Å². The van der Waals surface area contributed by atoms with E-state index in [1.54, 1.807) is 4.90 Å². The Morgan fingerprint density at radius 1 is 1.35 bits per heavy atom. The molecule has 0 aliphatic carbocycles. The van der Waals surface area contributed by atoms with Gasteiger partial charge in [0.15, 0.2) is 0 Å². The van der Waals surface area contributed by atoms with Gasteiger partial charge in [0.2, 0.25) is 0 Å². The van der Waals surface area contributed by atoms with Gasteiger partial charge in [-0.05, 0) is 18.4 Å². The van der Waals surface area contributed by atoms with E-state index in [4.69, 9.17) is 10.1 Å². The molecule has 1 heterocycles. The van der Waals surface area contributed by atoms with Crippen molar-refractivity contribution in [2.45, 2.75) is 19.4 Å². The fourth-order valence-corrected chi connectivity index (χ4v) is 1.84. The van der Waals surface area contributed by atoms with E-state index in [1.165, 1.54) is 0 Å². The Bertz CT molecular complexity index is 403. The van der Waals surface area contributed by atoms with Crippen LogP contribution in [-0.4, -0.2) is 29.8 Å². The minimum absolute atomic E-state index is 0.295. The van der Waals surface area contributed by atoms with Crippen LogP contribution in [0.2, 0.25) is 0 Å². The number of hydrogen-bond donors (Lipinski definition) is 1. The number of likely N-dealkylation sites (tertiary alicyclic amines) is 1. The zero-order valence-corrected chi connectivity index (χ0v) is 9.69. The van der Waals surface area contributed by atoms with Crippen LogP contribution in [0.1, 0.15) is 18.4 Å². The third kappa shape index (κ3) is 3.31. The van der Waals surface area contributed by atoms with Crippen LogP contribution in [0.5, 0.6) is 0 Å². The second kappa shape index (κ2) is 5.48. The van der Waals surface area contributed by atoms with Crippen molar-refractivity contribution in [1.82, 2.24) is 4.90 Å². The molecule has 1 aromatic carbocycles. The Morgan fingerprint density at radius 2 is 2.12 bits per heavy atom. The summed E-state index contributed by atoms with van der Waals surface area (Å²) in [5.74, 6) is 0. The van der Waals surface area contributed by atoms with Gasteiger partial charge in [-0.1, -0.05) is 30.3 Å². The number of amides is 1. The molecular weight excluding hydrogens is 216 g/mol. The number of hydrogen-bond acceptors (Lipinski definition) is 3. The van der Waals surface area contributed by atoms with Gasteiger partial charge in [0, 0.05) is 12.3 Å². The van der Waals surface area contributed by atoms with Gasteiger partial charge in [0.1, 0.15) is 6.61 Å². The normalized spacial score (nSPS) is 15.8. The summed E-state index contributed by atoms with van der Waals surface area (Å²) in [4.78, 5) is 13.3. The highest BCUT2D eigenvalue weighted by Crippen LogP contribution is 2.09. The SMILES string of the molecule is N=C1CCCN(C(=O)OCc2ccccc2)C1. The summed E-state index contributed by atoms with van der Waals surface area (Å²) in [6.07, 6.45) is 1.33. The molecule has 0 atom stereocenters. The van der Waals surface area contributed by atoms with Crippen molar-refractivity contribution in [2.24, 2.45) is 0 Å². The highest BCUT2D eigenvalue weighted by atomic mass is 16.6. The van der Waals surface area contributed by atoms with E-state index >= 15 is 0 Å². The average molecular weight is 232 g/mol. The Labute approximate surface area is 101 Å². The minimum atomic E-state index is -0.321. The predicted octanol–water partition coefficient (Wildman–Crippen LogP) is 2.44. The van der Waals surface area contributed by atoms with Crippen LogP contribution in [0.15, 0.2) is 30.3 Å². The van der Waals surface area contributed by atoms with Crippen LogP contribution in [0, 0.1) is 5.41 Å². The second-order valence-electron chi connectivity index (χ2n) is 4.17. The molecule has 1 amide bonds. The molecule has 4 nitrogen and oxygen atoms in total. The van der Waals surface area contributed by atoms with Gasteiger partial charge in [0.25, 0.3) is 0 Å². The van der Waals surface area contributed by atoms with Crippen LogP contribution < -0.4 is 0 Å². The summed E-state index contributed by atoms with van der Waals surface area (Å²) in [6, 6.07) is 9.60. The number of carbonyl (C=O) groups excluding carboxylic acids is 1. The van der Waals surface area contributed by atoms with Crippen LogP contribution in [0.4, 0.5) is 4.79 Å². The van der Waals surface area contributed by atoms with Gasteiger partial charge in [-0.3, -0.25) is 0 Å². The molecule has 1 aromatic rings. The molecule has 0 spiro atoms. The minimum Gasteiger partial charge on any atom is -0.445 e. The lowest BCUT2D eigenvalue weighted by atomic mass is 10.1. The van der Waals surface area contributed by atoms with Crippen molar-refractivity contribution >= 4 is 11.8 Å². The van der Waals surface area contributed by atoms with E-state index in [1.807, 2.05) is 30.3 Å². The summed E-state index contributed by atoms with van der Waals surface area (Å²) in [5.41, 5.74) is 1.58. The maximum Gasteiger partial charge on any atom is 0.410 e. The Balaban J connectivity index is 1.83. The van der Waals surface area contributed by atoms with E-state index in [0.717, 1.165) is 18.4 Å². The summed E-state index contributed by atoms with van der Waals surface area (Å²) in [7, 11) is 0. The maximum atomic E-state index is 11.7. The number of ether oxygens (including phenoxy) is 1. The molecule has 1 fully saturated rings. The molecule has 1 saturated heterocycles. The molecular formula is C13H16N2O2. The van der Waals surface area contributed by atoms with Crippen molar-refractivity contribution in [3.05, 3.63) is 35.9 Å². The molecule has 1 N–H and O–H groups in total. The van der Waals surface area contributed by atoms with Crippen LogP contribution in [-0.2, 0) is 11.3 Å². The smallest absolute Gasteiger partial charge is 0.410 e. The lowest BCUT2D eigenvalue weighted by Gasteiger charge is -2.26. The Hall–Kier alpha value is -1.84. The van der Waals surface area contributed by atoms with Crippen molar-refractivity contribution in [3.63, 3.8) is 0 Å². The molecule has 17 heavy (non-hydrogen) atoms. The lowest BCUT2D eigenvalue weighted by molar-refractivity contribution is 0.0989. The van der Waals surface area contributed by atoms with Gasteiger partial charge in [0.05, 0.1) is 6.54 Å². The third-order valence-electron chi connectivity index (χ3n) is 2.75. The van der Waals surface area contributed by atoms with Crippen molar-refractivity contribution in [1.29, 1.82) is 5.41 Å². The number of rotatable bonds is 2. The van der Waals surface area contributed by atoms with Crippen LogP contribution in [0.25, 0.3) is 0 Å². The Kier molecular flexibility index (Phi) is 3.75. The number of carbonyl (C=O) groups is 1. The first kappa shape index (κ1) is 11.6. The summed E-state index contributed by atoms with van der Waals surface area (Å²) >= 11 is 0. The highest BCUT2D eigenvalue weighted by molar-refractivity contribution is 5.87. The second-order valence-corrected chi connectivity index (χ2v) is 4.17. The summed E-state index contributed by atoms with van der Waals surface area (Å²) in [6.45, 7) is 1.40. The first-order chi connectivity index (χ1) is 8.25. The fraction of sp³-hybridized carbons (Fsp3) is 0.385. The zero-order valence-electron chi connectivity index (χ0n) is 9.69. The fourth-order valence-electron chi connectivity index (χ4n) is 1.84. The predicted molar refractivity (Wildman–Crippen MR) is 65.2 cm³/mol. The van der Waals surface area contributed by atoms with Crippen molar-refractivity contribution in [3.8, 4) is 0 Å². The van der Waals surface area contributed by atoms with Gasteiger partial charge >= 0.3 is 6.09 Å². The number of nitrogens with one attached hydrogen (secondary N) is 1. The zero-order chi connectivity index (χ0) is 12.1. The average Bonchev–Trinajstić information content (AvgIpc) is 2.37. The molecule has 90 valence electrons. The topological polar surface area (TPSA) is 53.4 Å². The maximum absolute atomic E-state index is 11.7. The van der Waals surface area contributed by atoms with Crippen LogP contribution >= 0.6 is 0 Å². The lowest BCUT2D eigenvalue weighted by Crippen LogP contribution is -2.40. The van der Waals surface area contributed by atoms with Gasteiger partial charge in [-0.25, -0.2) is 4.79 Å². The van der Waals surface area contributed by atoms with E-state index in [0.29, 0.717) is 25.4 Å². The number of piperidine rings is 1. The largest absolute Gasteiger partial charge is 0.445 e. The standard InChI is InChI=1S/C13H16N2O2/c14-12-7-4-8-15(9-12)13(16)17-10-11-5-2-1-3-6-11/h1-3,5-6,14H,4,7-10H2. The van der Waals surface area contributed by atoms with Crippen LogP contribution in [0.3, 0.4) is 0 Å². The Morgan fingerprint density at radius 3 is 2.82 bits per heavy atom. The van der Waals surface area contributed by atoms with E-state index in [-0.39, 0.29) is 6.09 Å². The molecule has 0 aromatic heterocycles. The monoisotopic (exact) mass is 232 g/mol. The van der Waals surface area contributed by atoms with Crippen molar-refractivity contribution < 1.29 is 9.53 Å². The molecule has 2 rings (SSSR count). The summed E-state index contributed by atoms with van der Waals surface area (Å²) < 4.78 is 5.21. The molecule has 1 aliphatic heterocycles. The first-order valence-electron chi connectivity index (χ1n) is 5.77. The van der Waals surface area contributed by atoms with Gasteiger partial charge in [-0.15, -0.1) is 0 Å². The van der Waals surface area contributed by atoms with Crippen molar-refractivity contribution in [2.75, 3.05) is 13.1 Å². The number of nitrogens with zero attached hydrogens (tertiary/aromatic N) is 1. The molecule has 0 unspecified atom stereocenters. The highest BCUT2D eigenvalue weighted by Gasteiger charge is 2.20. The quantitative estimate of drug-likeness (QED) is 0.851. The molecule has 0 saturated carbocycles. The van der Waals surface area contributed by atoms with E-state index < -0.39 is 0 Å². The molecule has 0 bridgehead atoms. The van der Waals surface area contributed by atoms with Gasteiger partial charge < -0.3 is 15.0 Å². The molecule has 1 aliphatic rings. The molecule has 0 radical (unpaired) electrons.